The molecule has 88 valence electrons. The highest BCUT2D eigenvalue weighted by atomic mass is 32.2. The first-order chi connectivity index (χ1) is 6.00. The summed E-state index contributed by atoms with van der Waals surface area (Å²) in [5, 5.41) is 0. The molecule has 0 aliphatic rings. The minimum Gasteiger partial charge on any atom is -0.412 e. The molecule has 0 fully saturated rings. The molecule has 0 bridgehead atoms. The van der Waals surface area contributed by atoms with Crippen LogP contribution in [0.3, 0.4) is 0 Å². The predicted molar refractivity (Wildman–Crippen MR) is 45.2 cm³/mol. The molecule has 1 aromatic rings. The van der Waals surface area contributed by atoms with Gasteiger partial charge >= 0.3 is 0 Å². The van der Waals surface area contributed by atoms with Crippen LogP contribution in [0.5, 0.6) is 0 Å². The van der Waals surface area contributed by atoms with Crippen LogP contribution < -0.4 is 0 Å². The summed E-state index contributed by atoms with van der Waals surface area (Å²) in [5.41, 5.74) is 0. The number of rotatable bonds is 1. The predicted octanol–water partition coefficient (Wildman–Crippen LogP) is 1.45. The van der Waals surface area contributed by atoms with Crippen molar-refractivity contribution in [1.29, 1.82) is 0 Å². The van der Waals surface area contributed by atoms with Crippen LogP contribution in [-0.4, -0.2) is 17.2 Å². The van der Waals surface area contributed by atoms with Gasteiger partial charge in [0.2, 0.25) is 5.82 Å². The van der Waals surface area contributed by atoms with E-state index in [1.807, 2.05) is 0 Å². The van der Waals surface area contributed by atoms with Crippen molar-refractivity contribution in [3.8, 4) is 0 Å². The van der Waals surface area contributed by atoms with Crippen LogP contribution in [0.2, 0.25) is 0 Å². The third-order valence-corrected chi connectivity index (χ3v) is 2.14. The number of hydrogen-bond donors (Lipinski definition) is 0. The van der Waals surface area contributed by atoms with Crippen LogP contribution in [0.1, 0.15) is 0 Å². The monoisotopic (exact) mass is 250 g/mol. The van der Waals surface area contributed by atoms with E-state index in [4.69, 9.17) is 0 Å². The Kier molecular flexibility index (Phi) is 6.50. The highest BCUT2D eigenvalue weighted by molar-refractivity contribution is 7.98. The highest BCUT2D eigenvalue weighted by Crippen LogP contribution is 2.28. The SMILES string of the molecule is CSc1c(F)c(F)c(F)c(F)c1F.O.O. The molecule has 0 saturated heterocycles. The molecule has 8 heteroatoms. The first-order valence-corrected chi connectivity index (χ1v) is 4.28. The van der Waals surface area contributed by atoms with Crippen LogP contribution >= 0.6 is 11.8 Å². The zero-order valence-corrected chi connectivity index (χ0v) is 8.11. The van der Waals surface area contributed by atoms with Crippen molar-refractivity contribution in [2.45, 2.75) is 4.90 Å². The van der Waals surface area contributed by atoms with Gasteiger partial charge in [-0.15, -0.1) is 11.8 Å². The molecule has 2 nitrogen and oxygen atoms in total. The number of hydrogen-bond acceptors (Lipinski definition) is 1. The smallest absolute Gasteiger partial charge is 0.200 e. The van der Waals surface area contributed by atoms with Crippen LogP contribution in [0, 0.1) is 29.1 Å². The average Bonchev–Trinajstić information content (AvgIpc) is 2.13. The lowest BCUT2D eigenvalue weighted by atomic mass is 10.3. The van der Waals surface area contributed by atoms with Gasteiger partial charge in [-0.3, -0.25) is 0 Å². The van der Waals surface area contributed by atoms with E-state index in [9.17, 15) is 22.0 Å². The molecular formula is C7H7F5O2S. The lowest BCUT2D eigenvalue weighted by Gasteiger charge is -2.04. The summed E-state index contributed by atoms with van der Waals surface area (Å²) in [6.07, 6.45) is 1.22. The molecule has 0 atom stereocenters. The topological polar surface area (TPSA) is 63.0 Å². The molecule has 1 aromatic carbocycles. The maximum absolute atomic E-state index is 12.7. The van der Waals surface area contributed by atoms with Crippen LogP contribution in [0.4, 0.5) is 22.0 Å². The fourth-order valence-electron chi connectivity index (χ4n) is 0.764. The Morgan fingerprint density at radius 3 is 1.20 bits per heavy atom. The quantitative estimate of drug-likeness (QED) is 0.322. The standard InChI is InChI=1S/C7H3F5S.2H2O/c1-13-7-5(11)3(9)2(8)4(10)6(7)12;;/h1H3;2*1H2. The Bertz CT molecular complexity index is 329. The Morgan fingerprint density at radius 1 is 0.667 bits per heavy atom. The first-order valence-electron chi connectivity index (χ1n) is 3.06. The van der Waals surface area contributed by atoms with Crippen molar-refractivity contribution in [2.75, 3.05) is 6.26 Å². The highest BCUT2D eigenvalue weighted by Gasteiger charge is 2.24. The van der Waals surface area contributed by atoms with Gasteiger partial charge in [-0.2, -0.15) is 0 Å². The molecule has 15 heavy (non-hydrogen) atoms. The molecule has 4 N–H and O–H groups in total. The van der Waals surface area contributed by atoms with Crippen molar-refractivity contribution in [3.05, 3.63) is 29.1 Å². The van der Waals surface area contributed by atoms with Crippen molar-refractivity contribution < 1.29 is 32.9 Å². The summed E-state index contributed by atoms with van der Waals surface area (Å²) in [6.45, 7) is 0. The van der Waals surface area contributed by atoms with E-state index in [1.54, 1.807) is 0 Å². The zero-order valence-electron chi connectivity index (χ0n) is 7.30. The van der Waals surface area contributed by atoms with E-state index < -0.39 is 34.0 Å². The summed E-state index contributed by atoms with van der Waals surface area (Å²) >= 11 is 0.462. The summed E-state index contributed by atoms with van der Waals surface area (Å²) in [5.74, 6) is -9.54. The van der Waals surface area contributed by atoms with E-state index in [2.05, 4.69) is 0 Å². The van der Waals surface area contributed by atoms with E-state index in [-0.39, 0.29) is 11.0 Å². The molecule has 0 amide bonds. The Hall–Kier alpha value is -0.860. The number of benzene rings is 1. The van der Waals surface area contributed by atoms with E-state index in [1.165, 1.54) is 6.26 Å². The van der Waals surface area contributed by atoms with Crippen LogP contribution in [0.15, 0.2) is 4.90 Å². The molecular weight excluding hydrogens is 243 g/mol. The fraction of sp³-hybridized carbons (Fsp3) is 0.143. The summed E-state index contributed by atoms with van der Waals surface area (Å²) in [6, 6.07) is 0. The maximum Gasteiger partial charge on any atom is 0.200 e. The molecule has 0 saturated carbocycles. The molecule has 0 aliphatic heterocycles. The average molecular weight is 250 g/mol. The van der Waals surface area contributed by atoms with Crippen molar-refractivity contribution in [3.63, 3.8) is 0 Å². The van der Waals surface area contributed by atoms with Gasteiger partial charge < -0.3 is 11.0 Å². The zero-order chi connectivity index (χ0) is 10.2. The molecule has 0 aromatic heterocycles. The lowest BCUT2D eigenvalue weighted by Crippen LogP contribution is -2.02. The molecule has 0 radical (unpaired) electrons. The summed E-state index contributed by atoms with van der Waals surface area (Å²) in [7, 11) is 0. The fourth-order valence-corrected chi connectivity index (χ4v) is 1.30. The van der Waals surface area contributed by atoms with Gasteiger partial charge in [0.25, 0.3) is 0 Å². The largest absolute Gasteiger partial charge is 0.412 e. The van der Waals surface area contributed by atoms with Gasteiger partial charge in [0.15, 0.2) is 23.3 Å². The van der Waals surface area contributed by atoms with Crippen LogP contribution in [-0.2, 0) is 0 Å². The van der Waals surface area contributed by atoms with Gasteiger partial charge in [0.1, 0.15) is 0 Å². The van der Waals surface area contributed by atoms with E-state index >= 15 is 0 Å². The van der Waals surface area contributed by atoms with Crippen molar-refractivity contribution in [1.82, 2.24) is 0 Å². The van der Waals surface area contributed by atoms with Gasteiger partial charge in [-0.25, -0.2) is 22.0 Å². The van der Waals surface area contributed by atoms with E-state index in [0.29, 0.717) is 11.8 Å². The summed E-state index contributed by atoms with van der Waals surface area (Å²) < 4.78 is 62.5. The van der Waals surface area contributed by atoms with Gasteiger partial charge in [0.05, 0.1) is 4.90 Å². The second kappa shape index (κ2) is 5.89. The minimum atomic E-state index is -2.13. The number of halogens is 5. The van der Waals surface area contributed by atoms with Gasteiger partial charge in [0, 0.05) is 0 Å². The Labute approximate surface area is 85.7 Å². The minimum absolute atomic E-state index is 0. The third kappa shape index (κ3) is 2.58. The number of thioether (sulfide) groups is 1. The molecule has 1 rings (SSSR count). The van der Waals surface area contributed by atoms with Crippen molar-refractivity contribution >= 4 is 11.8 Å². The summed E-state index contributed by atoms with van der Waals surface area (Å²) in [4.78, 5) is -0.864. The van der Waals surface area contributed by atoms with Crippen LogP contribution in [0.25, 0.3) is 0 Å². The van der Waals surface area contributed by atoms with Crippen molar-refractivity contribution in [2.24, 2.45) is 0 Å². The molecule has 0 spiro atoms. The second-order valence-corrected chi connectivity index (χ2v) is 2.92. The normalized spacial score (nSPS) is 9.20. The lowest BCUT2D eigenvalue weighted by molar-refractivity contribution is 0.361. The van der Waals surface area contributed by atoms with E-state index in [0.717, 1.165) is 0 Å². The maximum atomic E-state index is 12.7. The third-order valence-electron chi connectivity index (χ3n) is 1.37. The van der Waals surface area contributed by atoms with Gasteiger partial charge in [-0.1, -0.05) is 0 Å². The first kappa shape index (κ1) is 16.6. The Balaban J connectivity index is 0. The molecule has 0 unspecified atom stereocenters. The molecule has 0 heterocycles. The molecule has 0 aliphatic carbocycles. The second-order valence-electron chi connectivity index (χ2n) is 2.10. The van der Waals surface area contributed by atoms with Gasteiger partial charge in [-0.05, 0) is 6.26 Å². The Morgan fingerprint density at radius 2 is 0.933 bits per heavy atom.